The highest BCUT2D eigenvalue weighted by Gasteiger charge is 2.15. The van der Waals surface area contributed by atoms with Gasteiger partial charge in [-0.3, -0.25) is 4.79 Å². The van der Waals surface area contributed by atoms with Crippen LogP contribution in [0.4, 0.5) is 5.69 Å². The molecule has 1 amide bonds. The number of ether oxygens (including phenoxy) is 2. The summed E-state index contributed by atoms with van der Waals surface area (Å²) in [6.45, 7) is 6.00. The van der Waals surface area contributed by atoms with Crippen molar-refractivity contribution in [2.45, 2.75) is 27.4 Å². The third-order valence-corrected chi connectivity index (χ3v) is 5.01. The zero-order valence-electron chi connectivity index (χ0n) is 16.1. The summed E-state index contributed by atoms with van der Waals surface area (Å²) in [5.41, 5.74) is 3.96. The molecule has 0 atom stereocenters. The van der Waals surface area contributed by atoms with Crippen molar-refractivity contribution in [3.8, 4) is 11.5 Å². The second-order valence-corrected chi connectivity index (χ2v) is 7.25. The topological polar surface area (TPSA) is 73.6 Å². The maximum atomic E-state index is 12.6. The number of hydrogen-bond donors (Lipinski definition) is 1. The monoisotopic (exact) mass is 444 g/mol. The molecule has 0 saturated carbocycles. The minimum atomic E-state index is -0.236. The minimum Gasteiger partial charge on any atom is -0.493 e. The zero-order chi connectivity index (χ0) is 20.3. The summed E-state index contributed by atoms with van der Waals surface area (Å²) < 4.78 is 17.2. The molecule has 3 aromatic rings. The van der Waals surface area contributed by atoms with Gasteiger partial charge < -0.3 is 19.3 Å². The van der Waals surface area contributed by atoms with Crippen LogP contribution < -0.4 is 14.8 Å². The second kappa shape index (κ2) is 8.48. The predicted molar refractivity (Wildman–Crippen MR) is 110 cm³/mol. The van der Waals surface area contributed by atoms with E-state index in [-0.39, 0.29) is 5.91 Å². The highest BCUT2D eigenvalue weighted by molar-refractivity contribution is 9.10. The molecular weight excluding hydrogens is 424 g/mol. The van der Waals surface area contributed by atoms with Gasteiger partial charge in [0.1, 0.15) is 12.4 Å². The largest absolute Gasteiger partial charge is 0.493 e. The molecule has 0 fully saturated rings. The number of aromatic nitrogens is 1. The highest BCUT2D eigenvalue weighted by Crippen LogP contribution is 2.30. The van der Waals surface area contributed by atoms with Crippen molar-refractivity contribution in [2.24, 2.45) is 0 Å². The summed E-state index contributed by atoms with van der Waals surface area (Å²) in [6, 6.07) is 10.8. The Labute approximate surface area is 172 Å². The smallest absolute Gasteiger partial charge is 0.255 e. The van der Waals surface area contributed by atoms with Gasteiger partial charge in [-0.1, -0.05) is 11.2 Å². The lowest BCUT2D eigenvalue weighted by molar-refractivity contribution is 0.102. The number of nitrogens with one attached hydrogen (secondary N) is 1. The molecule has 0 radical (unpaired) electrons. The van der Waals surface area contributed by atoms with E-state index in [1.807, 2.05) is 39.0 Å². The lowest BCUT2D eigenvalue weighted by Gasteiger charge is -2.13. The number of aryl methyl sites for hydroxylation is 3. The Hall–Kier alpha value is -2.80. The molecule has 0 saturated heterocycles. The number of carbonyl (C=O) groups excluding carboxylic acids is 1. The van der Waals surface area contributed by atoms with Gasteiger partial charge >= 0.3 is 0 Å². The number of carbonyl (C=O) groups is 1. The fourth-order valence-electron chi connectivity index (χ4n) is 2.70. The van der Waals surface area contributed by atoms with Crippen molar-refractivity contribution in [2.75, 3.05) is 12.4 Å². The molecule has 0 spiro atoms. The number of amides is 1. The third kappa shape index (κ3) is 4.36. The summed E-state index contributed by atoms with van der Waals surface area (Å²) in [5, 5.41) is 6.81. The summed E-state index contributed by atoms with van der Waals surface area (Å²) in [6.07, 6.45) is 0. The van der Waals surface area contributed by atoms with Crippen molar-refractivity contribution in [1.29, 1.82) is 0 Å². The number of halogens is 1. The number of hydrogen-bond acceptors (Lipinski definition) is 5. The van der Waals surface area contributed by atoms with Gasteiger partial charge in [0.05, 0.1) is 24.1 Å². The van der Waals surface area contributed by atoms with Crippen LogP contribution in [0.1, 0.15) is 32.9 Å². The molecule has 0 aliphatic heterocycles. The maximum Gasteiger partial charge on any atom is 0.255 e. The van der Waals surface area contributed by atoms with Gasteiger partial charge in [0.15, 0.2) is 11.5 Å². The van der Waals surface area contributed by atoms with Crippen molar-refractivity contribution in [3.05, 3.63) is 69.0 Å². The van der Waals surface area contributed by atoms with Crippen molar-refractivity contribution in [1.82, 2.24) is 5.16 Å². The number of nitrogens with zero attached hydrogens (tertiary/aromatic N) is 1. The number of rotatable bonds is 6. The number of benzene rings is 2. The van der Waals surface area contributed by atoms with Crippen molar-refractivity contribution < 1.29 is 18.8 Å². The molecule has 7 heteroatoms. The number of methoxy groups -OCH3 is 1. The van der Waals surface area contributed by atoms with Crippen LogP contribution in [-0.2, 0) is 6.61 Å². The first kappa shape index (κ1) is 19.9. The highest BCUT2D eigenvalue weighted by atomic mass is 79.9. The first-order chi connectivity index (χ1) is 13.4. The van der Waals surface area contributed by atoms with E-state index in [0.717, 1.165) is 27.1 Å². The number of anilines is 1. The Kier molecular flexibility index (Phi) is 6.04. The Bertz CT molecular complexity index is 994. The zero-order valence-corrected chi connectivity index (χ0v) is 17.7. The van der Waals surface area contributed by atoms with Gasteiger partial charge in [-0.25, -0.2) is 0 Å². The van der Waals surface area contributed by atoms with Gasteiger partial charge in [0, 0.05) is 10.0 Å². The van der Waals surface area contributed by atoms with Gasteiger partial charge in [0.2, 0.25) is 0 Å². The van der Waals surface area contributed by atoms with Gasteiger partial charge in [0.25, 0.3) is 5.91 Å². The van der Waals surface area contributed by atoms with Gasteiger partial charge in [-0.05, 0) is 72.6 Å². The van der Waals surface area contributed by atoms with Crippen molar-refractivity contribution in [3.63, 3.8) is 0 Å². The molecule has 1 heterocycles. The van der Waals surface area contributed by atoms with E-state index in [1.54, 1.807) is 18.2 Å². The lowest BCUT2D eigenvalue weighted by atomic mass is 10.1. The van der Waals surface area contributed by atoms with Crippen LogP contribution in [0.25, 0.3) is 0 Å². The standard InChI is InChI=1S/C21H21BrN2O4/c1-12-5-7-18(17(22)9-12)23-21(25)15-6-8-19(20(10-15)26-4)27-11-16-13(2)24-28-14(16)3/h5-10H,11H2,1-4H3,(H,23,25). The van der Waals surface area contributed by atoms with Crippen molar-refractivity contribution >= 4 is 27.5 Å². The molecule has 6 nitrogen and oxygen atoms in total. The Morgan fingerprint density at radius 2 is 1.93 bits per heavy atom. The molecule has 1 N–H and O–H groups in total. The average Bonchev–Trinajstić information content (AvgIpc) is 3.00. The molecule has 0 unspecified atom stereocenters. The first-order valence-electron chi connectivity index (χ1n) is 8.69. The van der Waals surface area contributed by atoms with Gasteiger partial charge in [-0.2, -0.15) is 0 Å². The third-order valence-electron chi connectivity index (χ3n) is 4.35. The van der Waals surface area contributed by atoms with E-state index >= 15 is 0 Å². The lowest BCUT2D eigenvalue weighted by Crippen LogP contribution is -2.12. The van der Waals surface area contributed by atoms with E-state index in [2.05, 4.69) is 26.4 Å². The molecule has 3 rings (SSSR count). The van der Waals surface area contributed by atoms with Crippen LogP contribution in [0.15, 0.2) is 45.4 Å². The van der Waals surface area contributed by atoms with Crippen LogP contribution in [0, 0.1) is 20.8 Å². The molecule has 0 aliphatic rings. The van der Waals surface area contributed by atoms with Crippen LogP contribution in [0.5, 0.6) is 11.5 Å². The van der Waals surface area contributed by atoms with E-state index in [9.17, 15) is 4.79 Å². The maximum absolute atomic E-state index is 12.6. The molecule has 2 aromatic carbocycles. The Morgan fingerprint density at radius 1 is 1.14 bits per heavy atom. The summed E-state index contributed by atoms with van der Waals surface area (Å²) in [4.78, 5) is 12.6. The van der Waals surface area contributed by atoms with E-state index in [4.69, 9.17) is 14.0 Å². The fourth-order valence-corrected chi connectivity index (χ4v) is 3.29. The summed E-state index contributed by atoms with van der Waals surface area (Å²) >= 11 is 3.47. The Morgan fingerprint density at radius 3 is 2.57 bits per heavy atom. The second-order valence-electron chi connectivity index (χ2n) is 6.39. The summed E-state index contributed by atoms with van der Waals surface area (Å²) in [5.74, 6) is 1.49. The van der Waals surface area contributed by atoms with Crippen LogP contribution >= 0.6 is 15.9 Å². The molecule has 0 bridgehead atoms. The minimum absolute atomic E-state index is 0.236. The van der Waals surface area contributed by atoms with E-state index < -0.39 is 0 Å². The van der Waals surface area contributed by atoms with Crippen LogP contribution in [-0.4, -0.2) is 18.2 Å². The first-order valence-corrected chi connectivity index (χ1v) is 9.48. The molecular formula is C21H21BrN2O4. The summed E-state index contributed by atoms with van der Waals surface area (Å²) in [7, 11) is 1.54. The molecule has 0 aliphatic carbocycles. The molecule has 146 valence electrons. The van der Waals surface area contributed by atoms with E-state index in [0.29, 0.717) is 29.4 Å². The normalized spacial score (nSPS) is 10.6. The van der Waals surface area contributed by atoms with Gasteiger partial charge in [-0.15, -0.1) is 0 Å². The molecule has 28 heavy (non-hydrogen) atoms. The predicted octanol–water partition coefficient (Wildman–Crippen LogP) is 5.20. The van der Waals surface area contributed by atoms with E-state index in [1.165, 1.54) is 7.11 Å². The average molecular weight is 445 g/mol. The SMILES string of the molecule is COc1cc(C(=O)Nc2ccc(C)cc2Br)ccc1OCc1c(C)noc1C. The van der Waals surface area contributed by atoms with Crippen LogP contribution in [0.2, 0.25) is 0 Å². The quantitative estimate of drug-likeness (QED) is 0.565. The molecule has 1 aromatic heterocycles. The Balaban J connectivity index is 1.75. The van der Waals surface area contributed by atoms with Crippen LogP contribution in [0.3, 0.4) is 0 Å². The fraction of sp³-hybridized carbons (Fsp3) is 0.238.